The van der Waals surface area contributed by atoms with Gasteiger partial charge >= 0.3 is 0 Å². The minimum absolute atomic E-state index is 0. The molecule has 1 aromatic carbocycles. The van der Waals surface area contributed by atoms with Gasteiger partial charge in [0.05, 0.1) is 7.11 Å². The van der Waals surface area contributed by atoms with Crippen LogP contribution in [0.4, 0.5) is 0 Å². The second kappa shape index (κ2) is 6.65. The summed E-state index contributed by atoms with van der Waals surface area (Å²) < 4.78 is 33.4. The normalized spacial score (nSPS) is 25.4. The summed E-state index contributed by atoms with van der Waals surface area (Å²) in [6.07, 6.45) is 1.98. The van der Waals surface area contributed by atoms with Crippen LogP contribution >= 0.6 is 28.3 Å². The number of rotatable bonds is 3. The molecule has 1 spiro atoms. The van der Waals surface area contributed by atoms with Gasteiger partial charge in [0.1, 0.15) is 10.6 Å². The van der Waals surface area contributed by atoms with Crippen LogP contribution in [0, 0.1) is 5.41 Å². The Kier molecular flexibility index (Phi) is 5.44. The summed E-state index contributed by atoms with van der Waals surface area (Å²) in [6.45, 7) is 3.07. The lowest BCUT2D eigenvalue weighted by atomic mass is 9.87. The van der Waals surface area contributed by atoms with Gasteiger partial charge in [0.2, 0.25) is 10.0 Å². The van der Waals surface area contributed by atoms with Crippen molar-refractivity contribution in [2.45, 2.75) is 17.7 Å². The molecule has 0 amide bonds. The molecule has 2 aliphatic rings. The van der Waals surface area contributed by atoms with Crippen molar-refractivity contribution in [2.75, 3.05) is 33.3 Å². The minimum Gasteiger partial charge on any atom is -0.495 e. The molecule has 1 atom stereocenters. The van der Waals surface area contributed by atoms with Crippen LogP contribution in [-0.2, 0) is 10.0 Å². The maximum Gasteiger partial charge on any atom is 0.246 e. The Balaban J connectivity index is 0.00000176. The van der Waals surface area contributed by atoms with E-state index in [4.69, 9.17) is 4.74 Å². The summed E-state index contributed by atoms with van der Waals surface area (Å²) in [5.74, 6) is 0.392. The van der Waals surface area contributed by atoms with Gasteiger partial charge in [0.25, 0.3) is 0 Å². The predicted octanol–water partition coefficient (Wildman–Crippen LogP) is 2.25. The highest BCUT2D eigenvalue weighted by Gasteiger charge is 2.45. The summed E-state index contributed by atoms with van der Waals surface area (Å²) in [4.78, 5) is 0.238. The molecule has 0 aromatic heterocycles. The number of methoxy groups -OCH3 is 1. The molecule has 3 rings (SSSR count). The number of hydrogen-bond donors (Lipinski definition) is 1. The van der Waals surface area contributed by atoms with Crippen LogP contribution in [0.15, 0.2) is 27.6 Å². The SMILES string of the molecule is COc1ccc(Br)cc1S(=O)(=O)N1CCC2(CCNC2)C1.Cl. The average molecular weight is 412 g/mol. The second-order valence-corrected chi connectivity index (χ2v) is 8.63. The van der Waals surface area contributed by atoms with Crippen LogP contribution in [0.25, 0.3) is 0 Å². The van der Waals surface area contributed by atoms with E-state index < -0.39 is 10.0 Å². The van der Waals surface area contributed by atoms with Crippen molar-refractivity contribution in [1.82, 2.24) is 9.62 Å². The lowest BCUT2D eigenvalue weighted by Gasteiger charge is -2.23. The molecule has 1 N–H and O–H groups in total. The zero-order chi connectivity index (χ0) is 15.1. The third kappa shape index (κ3) is 3.14. The highest BCUT2D eigenvalue weighted by Crippen LogP contribution is 2.40. The Bertz CT molecular complexity index is 647. The molecule has 2 aliphatic heterocycles. The van der Waals surface area contributed by atoms with Crippen molar-refractivity contribution in [2.24, 2.45) is 5.41 Å². The fraction of sp³-hybridized carbons (Fsp3) is 0.571. The summed E-state index contributed by atoms with van der Waals surface area (Å²) in [6, 6.07) is 5.08. The van der Waals surface area contributed by atoms with Crippen molar-refractivity contribution in [3.63, 3.8) is 0 Å². The Morgan fingerprint density at radius 3 is 2.77 bits per heavy atom. The first-order valence-corrected chi connectivity index (χ1v) is 9.25. The van der Waals surface area contributed by atoms with Gasteiger partial charge in [-0.15, -0.1) is 12.4 Å². The summed E-state index contributed by atoms with van der Waals surface area (Å²) in [5, 5.41) is 3.34. The van der Waals surface area contributed by atoms with Crippen molar-refractivity contribution in [3.8, 4) is 5.75 Å². The third-order valence-corrected chi connectivity index (χ3v) is 6.84. The molecule has 0 bridgehead atoms. The van der Waals surface area contributed by atoms with Crippen LogP contribution in [0.3, 0.4) is 0 Å². The highest BCUT2D eigenvalue weighted by atomic mass is 79.9. The Labute approximate surface area is 146 Å². The summed E-state index contributed by atoms with van der Waals surface area (Å²) in [5.41, 5.74) is 0.117. The monoisotopic (exact) mass is 410 g/mol. The number of ether oxygens (including phenoxy) is 1. The highest BCUT2D eigenvalue weighted by molar-refractivity contribution is 9.10. The van der Waals surface area contributed by atoms with E-state index >= 15 is 0 Å². The Morgan fingerprint density at radius 1 is 1.36 bits per heavy atom. The fourth-order valence-electron chi connectivity index (χ4n) is 3.23. The van der Waals surface area contributed by atoms with Crippen molar-refractivity contribution in [3.05, 3.63) is 22.7 Å². The first-order chi connectivity index (χ1) is 9.97. The Hall–Kier alpha value is -0.340. The molecular weight excluding hydrogens is 392 g/mol. The number of benzene rings is 1. The fourth-order valence-corrected chi connectivity index (χ4v) is 5.48. The standard InChI is InChI=1S/C14H19BrN2O3S.ClH/c1-20-12-3-2-11(15)8-13(12)21(18,19)17-7-5-14(10-17)4-6-16-9-14;/h2-3,8,16H,4-7,9-10H2,1H3;1H. The van der Waals surface area contributed by atoms with Crippen molar-refractivity contribution in [1.29, 1.82) is 0 Å². The molecule has 124 valence electrons. The molecule has 8 heteroatoms. The van der Waals surface area contributed by atoms with Gasteiger partial charge < -0.3 is 10.1 Å². The van der Waals surface area contributed by atoms with Gasteiger partial charge in [-0.1, -0.05) is 15.9 Å². The third-order valence-electron chi connectivity index (χ3n) is 4.48. The van der Waals surface area contributed by atoms with Gasteiger partial charge in [-0.2, -0.15) is 4.31 Å². The van der Waals surface area contributed by atoms with E-state index in [0.29, 0.717) is 18.8 Å². The number of nitrogens with zero attached hydrogens (tertiary/aromatic N) is 1. The molecule has 0 radical (unpaired) electrons. The molecule has 22 heavy (non-hydrogen) atoms. The van der Waals surface area contributed by atoms with Gasteiger partial charge in [-0.3, -0.25) is 0 Å². The van der Waals surface area contributed by atoms with Crippen LogP contribution in [0.5, 0.6) is 5.75 Å². The lowest BCUT2D eigenvalue weighted by molar-refractivity contribution is 0.337. The maximum absolute atomic E-state index is 12.9. The smallest absolute Gasteiger partial charge is 0.246 e. The van der Waals surface area contributed by atoms with Gasteiger partial charge in [0, 0.05) is 24.1 Å². The zero-order valence-corrected chi connectivity index (χ0v) is 15.6. The minimum atomic E-state index is -3.52. The van der Waals surface area contributed by atoms with Gasteiger partial charge in [0.15, 0.2) is 0 Å². The largest absolute Gasteiger partial charge is 0.495 e. The van der Waals surface area contributed by atoms with Gasteiger partial charge in [-0.25, -0.2) is 8.42 Å². The quantitative estimate of drug-likeness (QED) is 0.829. The first kappa shape index (κ1) is 18.0. The number of nitrogens with one attached hydrogen (secondary N) is 1. The number of sulfonamides is 1. The van der Waals surface area contributed by atoms with E-state index in [2.05, 4.69) is 21.2 Å². The van der Waals surface area contributed by atoms with E-state index in [9.17, 15) is 8.42 Å². The van der Waals surface area contributed by atoms with E-state index in [1.165, 1.54) is 7.11 Å². The van der Waals surface area contributed by atoms with E-state index in [0.717, 1.165) is 30.4 Å². The molecule has 5 nitrogen and oxygen atoms in total. The van der Waals surface area contributed by atoms with Crippen LogP contribution < -0.4 is 10.1 Å². The molecule has 2 heterocycles. The lowest BCUT2D eigenvalue weighted by Crippen LogP contribution is -2.33. The molecular formula is C14H20BrClN2O3S. The zero-order valence-electron chi connectivity index (χ0n) is 12.3. The van der Waals surface area contributed by atoms with E-state index in [1.807, 2.05) is 0 Å². The molecule has 1 aromatic rings. The topological polar surface area (TPSA) is 58.6 Å². The van der Waals surface area contributed by atoms with Crippen LogP contribution in [0.2, 0.25) is 0 Å². The molecule has 2 fully saturated rings. The molecule has 1 unspecified atom stereocenters. The first-order valence-electron chi connectivity index (χ1n) is 7.01. The average Bonchev–Trinajstić information content (AvgIpc) is 3.10. The second-order valence-electron chi connectivity index (χ2n) is 5.81. The molecule has 0 aliphatic carbocycles. The Morgan fingerprint density at radius 2 is 2.14 bits per heavy atom. The maximum atomic E-state index is 12.9. The molecule has 2 saturated heterocycles. The van der Waals surface area contributed by atoms with Gasteiger partial charge in [-0.05, 0) is 43.0 Å². The van der Waals surface area contributed by atoms with Crippen molar-refractivity contribution >= 4 is 38.4 Å². The summed E-state index contributed by atoms with van der Waals surface area (Å²) in [7, 11) is -2.02. The van der Waals surface area contributed by atoms with Crippen LogP contribution in [0.1, 0.15) is 12.8 Å². The number of halogens is 2. The van der Waals surface area contributed by atoms with E-state index in [1.54, 1.807) is 22.5 Å². The summed E-state index contributed by atoms with van der Waals surface area (Å²) >= 11 is 3.34. The predicted molar refractivity (Wildman–Crippen MR) is 91.2 cm³/mol. The van der Waals surface area contributed by atoms with E-state index in [-0.39, 0.29) is 22.7 Å². The van der Waals surface area contributed by atoms with Crippen LogP contribution in [-0.4, -0.2) is 46.0 Å². The molecule has 0 saturated carbocycles. The van der Waals surface area contributed by atoms with Crippen molar-refractivity contribution < 1.29 is 13.2 Å². The number of hydrogen-bond acceptors (Lipinski definition) is 4.